The molecule has 8 rings (SSSR count). The summed E-state index contributed by atoms with van der Waals surface area (Å²) in [6.07, 6.45) is 0.452. The van der Waals surface area contributed by atoms with E-state index in [-0.39, 0.29) is 72.4 Å². The number of nitrogens with two attached hydrogens (primary N) is 1. The van der Waals surface area contributed by atoms with Crippen LogP contribution in [0.25, 0.3) is 33.4 Å². The van der Waals surface area contributed by atoms with E-state index in [4.69, 9.17) is 19.9 Å². The summed E-state index contributed by atoms with van der Waals surface area (Å²) in [5.41, 5.74) is 11.7. The second-order valence-electron chi connectivity index (χ2n) is 29.8. The summed E-state index contributed by atoms with van der Waals surface area (Å²) in [5.74, 6) is -0.148. The number of aliphatic hydroxyl groups is 2. The Kier molecular flexibility index (Phi) is 23.4. The van der Waals surface area contributed by atoms with Gasteiger partial charge in [-0.1, -0.05) is 131 Å². The monoisotopic (exact) mass is 1300 g/mol. The van der Waals surface area contributed by atoms with Gasteiger partial charge in [-0.15, -0.1) is 40.2 Å². The zero-order chi connectivity index (χ0) is 70.2. The molecule has 0 amide bonds. The molecule has 95 heavy (non-hydrogen) atoms. The molecule has 0 fully saturated rings. The number of esters is 1. The minimum Gasteiger partial charge on any atom is -0.505 e. The van der Waals surface area contributed by atoms with Gasteiger partial charge in [0.05, 0.1) is 36.2 Å². The van der Waals surface area contributed by atoms with Gasteiger partial charge in [0.2, 0.25) is 0 Å². The van der Waals surface area contributed by atoms with Gasteiger partial charge in [0.25, 0.3) is 0 Å². The van der Waals surface area contributed by atoms with Crippen LogP contribution in [0.1, 0.15) is 183 Å². The van der Waals surface area contributed by atoms with Crippen molar-refractivity contribution in [1.29, 1.82) is 0 Å². The molecule has 510 valence electrons. The molecule has 8 aromatic rings. The first-order chi connectivity index (χ1) is 44.2. The first kappa shape index (κ1) is 74.0. The highest BCUT2D eigenvalue weighted by molar-refractivity contribution is 5.87. The number of phenolic OH excluding ortho intramolecular Hbond substituents is 3. The molecule has 0 bridgehead atoms. The summed E-state index contributed by atoms with van der Waals surface area (Å²) in [7, 11) is 0. The highest BCUT2D eigenvalue weighted by Crippen LogP contribution is 2.42. The Bertz CT molecular complexity index is 3960. The van der Waals surface area contributed by atoms with Crippen LogP contribution in [0.5, 0.6) is 17.2 Å². The number of azo groups is 1. The normalized spacial score (nSPS) is 13.3. The Morgan fingerprint density at radius 2 is 0.947 bits per heavy atom. The van der Waals surface area contributed by atoms with Gasteiger partial charge in [0.15, 0.2) is 5.78 Å². The van der Waals surface area contributed by atoms with Gasteiger partial charge in [-0.05, 0) is 148 Å². The number of fused-ring (bicyclic) bond motifs is 2. The summed E-state index contributed by atoms with van der Waals surface area (Å²) in [6.45, 7) is 32.1. The molecule has 2 unspecified atom stereocenters. The maximum atomic E-state index is 13.6. The zero-order valence-electron chi connectivity index (χ0n) is 58.5. The van der Waals surface area contributed by atoms with E-state index in [1.165, 1.54) is 9.59 Å². The number of anilines is 1. The maximum absolute atomic E-state index is 13.6. The quantitative estimate of drug-likeness (QED) is 0.0167. The van der Waals surface area contributed by atoms with Crippen LogP contribution in [-0.4, -0.2) is 115 Å². The summed E-state index contributed by atoms with van der Waals surface area (Å²) in [4.78, 5) is 41.7. The molecule has 0 saturated heterocycles. The van der Waals surface area contributed by atoms with Gasteiger partial charge in [-0.3, -0.25) is 14.4 Å². The number of benzene rings is 6. The average molecular weight is 1300 g/mol. The fourth-order valence-electron chi connectivity index (χ4n) is 11.3. The smallest absolute Gasteiger partial charge is 0.306 e. The fraction of sp³-hybridized carbons (Fsp3) is 0.480. The van der Waals surface area contributed by atoms with Gasteiger partial charge >= 0.3 is 5.97 Å². The van der Waals surface area contributed by atoms with E-state index in [0.29, 0.717) is 87.3 Å². The topological polar surface area (TPSA) is 292 Å². The molecule has 0 saturated carbocycles. The summed E-state index contributed by atoms with van der Waals surface area (Å²) in [5, 5.41) is 81.6. The third-order valence-corrected chi connectivity index (χ3v) is 16.5. The number of carbonyl (C=O) groups excluding carboxylic acids is 3. The van der Waals surface area contributed by atoms with Crippen molar-refractivity contribution < 1.29 is 54.1 Å². The SMILES string of the molecule is CC(C)(CC(O)COC(C)(C)C(=O)CCc1cc(-n2nc3ccccc3n2)c(O)c(C(C)(C)C)c1)OC(C)(C)CC(CO)OC(=O)CCc1cc(-n2nc3ccccc3n2)c(O)c(C(C)(C)C)c1.CC(C)C(=O)CCc1cc(N=Nc2ccccc2N)c(O)c(C(C)(C)C)c1. The molecular weight excluding hydrogens is 1200 g/mol. The number of carbonyl (C=O) groups is 3. The Morgan fingerprint density at radius 1 is 0.537 bits per heavy atom. The van der Waals surface area contributed by atoms with Crippen molar-refractivity contribution in [2.75, 3.05) is 18.9 Å². The van der Waals surface area contributed by atoms with Crippen LogP contribution in [0.2, 0.25) is 0 Å². The summed E-state index contributed by atoms with van der Waals surface area (Å²) < 4.78 is 18.3. The molecule has 20 heteroatoms. The van der Waals surface area contributed by atoms with Crippen molar-refractivity contribution in [3.8, 4) is 28.6 Å². The van der Waals surface area contributed by atoms with Gasteiger partial charge in [-0.25, -0.2) is 0 Å². The molecule has 0 aliphatic rings. The van der Waals surface area contributed by atoms with Crippen molar-refractivity contribution >= 4 is 56.7 Å². The predicted octanol–water partition coefficient (Wildman–Crippen LogP) is 14.6. The fourth-order valence-corrected chi connectivity index (χ4v) is 11.3. The number of aromatic hydroxyl groups is 3. The number of aryl methyl sites for hydroxylation is 3. The Morgan fingerprint density at radius 3 is 1.40 bits per heavy atom. The summed E-state index contributed by atoms with van der Waals surface area (Å²) >= 11 is 0. The van der Waals surface area contributed by atoms with Crippen LogP contribution in [0.3, 0.4) is 0 Å². The highest BCUT2D eigenvalue weighted by atomic mass is 16.6. The van der Waals surface area contributed by atoms with Gasteiger partial charge in [0.1, 0.15) is 79.6 Å². The Hall–Kier alpha value is -8.43. The van der Waals surface area contributed by atoms with Crippen LogP contribution in [-0.2, 0) is 64.1 Å². The lowest BCUT2D eigenvalue weighted by Crippen LogP contribution is -2.44. The summed E-state index contributed by atoms with van der Waals surface area (Å²) in [6, 6.07) is 33.2. The molecule has 7 N–H and O–H groups in total. The number of aliphatic hydroxyl groups excluding tert-OH is 2. The molecule has 2 heterocycles. The van der Waals surface area contributed by atoms with Crippen LogP contribution in [0.15, 0.2) is 119 Å². The molecule has 6 aromatic carbocycles. The second-order valence-corrected chi connectivity index (χ2v) is 29.8. The molecular formula is C75H99N9O11. The predicted molar refractivity (Wildman–Crippen MR) is 372 cm³/mol. The van der Waals surface area contributed by atoms with E-state index in [1.807, 2.05) is 189 Å². The van der Waals surface area contributed by atoms with E-state index in [9.17, 15) is 39.9 Å². The molecule has 0 aliphatic heterocycles. The van der Waals surface area contributed by atoms with Crippen LogP contribution in [0, 0.1) is 5.92 Å². The third-order valence-electron chi connectivity index (χ3n) is 16.5. The molecule has 20 nitrogen and oxygen atoms in total. The lowest BCUT2D eigenvalue weighted by Gasteiger charge is -2.39. The minimum atomic E-state index is -1.21. The number of hydrogen-bond acceptors (Lipinski definition) is 18. The van der Waals surface area contributed by atoms with Crippen molar-refractivity contribution in [1.82, 2.24) is 30.0 Å². The number of ketones is 2. The van der Waals surface area contributed by atoms with Crippen molar-refractivity contribution in [2.45, 2.75) is 214 Å². The highest BCUT2D eigenvalue weighted by Gasteiger charge is 2.36. The zero-order valence-corrected chi connectivity index (χ0v) is 58.5. The Labute approximate surface area is 558 Å². The number of nitrogen functional groups attached to an aromatic ring is 1. The number of aromatic nitrogens is 6. The number of hydrogen-bond donors (Lipinski definition) is 6. The minimum absolute atomic E-state index is 0.0180. The standard InChI is InChI=1S/C53H70N6O9.C22H29N3O2/c1-49(2,3)37-25-33(27-43(47(37)64)58-54-39-17-13-14-18-40(39)55-58)21-23-45(62)53(11,12)66-32-35(61)29-51(7,8)68-52(9,10)30-36(31-60)67-46(63)24-22-34-26-38(50(4,5)6)48(65)44(28-34)59-56-41-19-15-16-20-42(41)57-59;1-14(2)20(26)11-10-15-12-16(22(3,4)5)21(27)19(13-15)25-24-18-9-7-6-8-17(18)23/h13-20,25-28,35-36,60-61,64-65H,21-24,29-32H2,1-12H3;6-9,12-14,27H,10-11,23H2,1-5H3. The van der Waals surface area contributed by atoms with Crippen LogP contribution >= 0.6 is 0 Å². The van der Waals surface area contributed by atoms with Gasteiger partial charge in [-0.2, -0.15) is 0 Å². The van der Waals surface area contributed by atoms with Crippen LogP contribution < -0.4 is 5.73 Å². The largest absolute Gasteiger partial charge is 0.505 e. The molecule has 2 atom stereocenters. The van der Waals surface area contributed by atoms with E-state index in [0.717, 1.165) is 22.3 Å². The first-order valence-electron chi connectivity index (χ1n) is 32.6. The van der Waals surface area contributed by atoms with Crippen molar-refractivity contribution in [3.05, 3.63) is 143 Å². The lowest BCUT2D eigenvalue weighted by atomic mass is 9.84. The second kappa shape index (κ2) is 30.1. The molecule has 2 aromatic heterocycles. The van der Waals surface area contributed by atoms with E-state index in [1.54, 1.807) is 38.1 Å². The molecule has 0 aliphatic carbocycles. The van der Waals surface area contributed by atoms with Crippen molar-refractivity contribution in [2.24, 2.45) is 16.1 Å². The number of Topliss-reactive ketones (excluding diaryl/α,β-unsaturated/α-hetero) is 2. The molecule has 0 radical (unpaired) electrons. The number of rotatable bonds is 26. The first-order valence-corrected chi connectivity index (χ1v) is 32.6. The van der Waals surface area contributed by atoms with Crippen molar-refractivity contribution in [3.63, 3.8) is 0 Å². The number of nitrogens with zero attached hydrogens (tertiary/aromatic N) is 8. The van der Waals surface area contributed by atoms with E-state index >= 15 is 0 Å². The average Bonchev–Trinajstić information content (AvgIpc) is 1.76. The van der Waals surface area contributed by atoms with E-state index in [2.05, 4.69) is 30.6 Å². The lowest BCUT2D eigenvalue weighted by molar-refractivity contribution is -0.172. The van der Waals surface area contributed by atoms with Crippen LogP contribution in [0.4, 0.5) is 17.1 Å². The number of para-hydroxylation sites is 1. The maximum Gasteiger partial charge on any atom is 0.306 e. The van der Waals surface area contributed by atoms with E-state index < -0.39 is 52.4 Å². The molecule has 0 spiro atoms. The number of phenols is 3. The van der Waals surface area contributed by atoms with Gasteiger partial charge < -0.3 is 45.5 Å². The Balaban J connectivity index is 0.000000393. The van der Waals surface area contributed by atoms with Gasteiger partial charge in [0, 0.05) is 54.7 Å². The number of ether oxygens (including phenoxy) is 3. The third kappa shape index (κ3) is 20.1.